The van der Waals surface area contributed by atoms with Crippen LogP contribution in [0.2, 0.25) is 0 Å². The lowest BCUT2D eigenvalue weighted by Crippen LogP contribution is -2.23. The van der Waals surface area contributed by atoms with E-state index in [4.69, 9.17) is 4.74 Å². The van der Waals surface area contributed by atoms with Gasteiger partial charge in [0, 0.05) is 6.04 Å². The molecule has 112 valence electrons. The van der Waals surface area contributed by atoms with Gasteiger partial charge in [-0.2, -0.15) is 0 Å². The molecule has 1 atom stereocenters. The van der Waals surface area contributed by atoms with Crippen LogP contribution in [0.1, 0.15) is 29.7 Å². The Balaban J connectivity index is 2.23. The van der Waals surface area contributed by atoms with Crippen molar-refractivity contribution < 1.29 is 9.13 Å². The van der Waals surface area contributed by atoms with Crippen molar-refractivity contribution in [2.45, 2.75) is 26.3 Å². The van der Waals surface area contributed by atoms with E-state index in [-0.39, 0.29) is 11.9 Å². The van der Waals surface area contributed by atoms with Gasteiger partial charge in [-0.15, -0.1) is 0 Å². The summed E-state index contributed by atoms with van der Waals surface area (Å²) in [4.78, 5) is 0. The van der Waals surface area contributed by atoms with Gasteiger partial charge in [0.05, 0.1) is 7.11 Å². The molecule has 0 aliphatic heterocycles. The highest BCUT2D eigenvalue weighted by Gasteiger charge is 2.13. The maximum atomic E-state index is 13.8. The van der Waals surface area contributed by atoms with Crippen molar-refractivity contribution in [2.75, 3.05) is 13.7 Å². The normalized spacial score (nSPS) is 12.2. The predicted octanol–water partition coefficient (Wildman–Crippen LogP) is 4.04. The summed E-state index contributed by atoms with van der Waals surface area (Å²) >= 11 is 0. The Morgan fingerprint density at radius 3 is 2.67 bits per heavy atom. The SMILES string of the molecule is CCNC(Cc1cccc(OC)c1)c1ccc(C)c(F)c1. The lowest BCUT2D eigenvalue weighted by Gasteiger charge is -2.19. The topological polar surface area (TPSA) is 21.3 Å². The highest BCUT2D eigenvalue weighted by molar-refractivity contribution is 5.32. The zero-order valence-corrected chi connectivity index (χ0v) is 12.8. The van der Waals surface area contributed by atoms with Gasteiger partial charge in [0.1, 0.15) is 11.6 Å². The summed E-state index contributed by atoms with van der Waals surface area (Å²) in [5.74, 6) is 0.693. The van der Waals surface area contributed by atoms with Crippen LogP contribution >= 0.6 is 0 Å². The first-order chi connectivity index (χ1) is 10.1. The van der Waals surface area contributed by atoms with Crippen LogP contribution in [0.4, 0.5) is 4.39 Å². The summed E-state index contributed by atoms with van der Waals surface area (Å²) in [5.41, 5.74) is 2.82. The molecule has 0 fully saturated rings. The van der Waals surface area contributed by atoms with Gasteiger partial charge in [0.2, 0.25) is 0 Å². The van der Waals surface area contributed by atoms with Gasteiger partial charge in [-0.3, -0.25) is 0 Å². The average Bonchev–Trinajstić information content (AvgIpc) is 2.50. The third-order valence-corrected chi connectivity index (χ3v) is 3.62. The van der Waals surface area contributed by atoms with Gasteiger partial charge in [-0.1, -0.05) is 31.2 Å². The number of ether oxygens (including phenoxy) is 1. The van der Waals surface area contributed by atoms with E-state index in [9.17, 15) is 4.39 Å². The molecule has 0 amide bonds. The van der Waals surface area contributed by atoms with E-state index in [1.165, 1.54) is 5.56 Å². The van der Waals surface area contributed by atoms with Gasteiger partial charge in [-0.25, -0.2) is 4.39 Å². The third kappa shape index (κ3) is 4.05. The van der Waals surface area contributed by atoms with Crippen molar-refractivity contribution in [3.63, 3.8) is 0 Å². The largest absolute Gasteiger partial charge is 0.497 e. The minimum atomic E-state index is -0.152. The summed E-state index contributed by atoms with van der Waals surface area (Å²) in [6.45, 7) is 4.68. The van der Waals surface area contributed by atoms with Crippen molar-refractivity contribution in [1.29, 1.82) is 0 Å². The van der Waals surface area contributed by atoms with Crippen LogP contribution in [0.15, 0.2) is 42.5 Å². The maximum absolute atomic E-state index is 13.8. The number of nitrogens with one attached hydrogen (secondary N) is 1. The molecule has 3 heteroatoms. The fraction of sp³-hybridized carbons (Fsp3) is 0.333. The van der Waals surface area contributed by atoms with Crippen molar-refractivity contribution >= 4 is 0 Å². The minimum absolute atomic E-state index is 0.0946. The highest BCUT2D eigenvalue weighted by Crippen LogP contribution is 2.22. The lowest BCUT2D eigenvalue weighted by atomic mass is 9.97. The van der Waals surface area contributed by atoms with Gasteiger partial charge in [-0.05, 0) is 54.8 Å². The van der Waals surface area contributed by atoms with Crippen LogP contribution in [-0.2, 0) is 6.42 Å². The third-order valence-electron chi connectivity index (χ3n) is 3.62. The van der Waals surface area contributed by atoms with Crippen LogP contribution in [-0.4, -0.2) is 13.7 Å². The molecule has 2 aromatic carbocycles. The summed E-state index contributed by atoms with van der Waals surface area (Å²) < 4.78 is 19.0. The van der Waals surface area contributed by atoms with Crippen LogP contribution in [0.25, 0.3) is 0 Å². The summed E-state index contributed by atoms with van der Waals surface area (Å²) in [6, 6.07) is 13.5. The number of rotatable bonds is 6. The Hall–Kier alpha value is -1.87. The molecule has 0 radical (unpaired) electrons. The molecule has 0 saturated heterocycles. The number of hydrogen-bond acceptors (Lipinski definition) is 2. The van der Waals surface area contributed by atoms with Crippen molar-refractivity contribution in [1.82, 2.24) is 5.32 Å². The minimum Gasteiger partial charge on any atom is -0.497 e. The first-order valence-corrected chi connectivity index (χ1v) is 7.26. The van der Waals surface area contributed by atoms with E-state index < -0.39 is 0 Å². The Bertz CT molecular complexity index is 598. The molecule has 0 bridgehead atoms. The van der Waals surface area contributed by atoms with Crippen LogP contribution in [0.3, 0.4) is 0 Å². The van der Waals surface area contributed by atoms with E-state index in [2.05, 4.69) is 18.3 Å². The van der Waals surface area contributed by atoms with Gasteiger partial charge >= 0.3 is 0 Å². The first kappa shape index (κ1) is 15.5. The molecule has 0 saturated carbocycles. The standard InChI is InChI=1S/C18H22FNO/c1-4-20-18(15-9-8-13(2)17(19)12-15)11-14-6-5-7-16(10-14)21-3/h5-10,12,18,20H,4,11H2,1-3H3. The van der Waals surface area contributed by atoms with Gasteiger partial charge in [0.25, 0.3) is 0 Å². The Morgan fingerprint density at radius 2 is 2.00 bits per heavy atom. The van der Waals surface area contributed by atoms with E-state index in [1.54, 1.807) is 20.1 Å². The molecule has 2 nitrogen and oxygen atoms in total. The second-order valence-electron chi connectivity index (χ2n) is 5.17. The smallest absolute Gasteiger partial charge is 0.126 e. The number of halogens is 1. The predicted molar refractivity (Wildman–Crippen MR) is 84.3 cm³/mol. The fourth-order valence-electron chi connectivity index (χ4n) is 2.42. The van der Waals surface area contributed by atoms with Gasteiger partial charge in [0.15, 0.2) is 0 Å². The number of benzene rings is 2. The molecule has 2 rings (SSSR count). The van der Waals surface area contributed by atoms with Crippen LogP contribution < -0.4 is 10.1 Å². The lowest BCUT2D eigenvalue weighted by molar-refractivity contribution is 0.414. The number of hydrogen-bond donors (Lipinski definition) is 1. The Labute approximate surface area is 126 Å². The first-order valence-electron chi connectivity index (χ1n) is 7.26. The number of likely N-dealkylation sites (N-methyl/N-ethyl adjacent to an activating group) is 1. The molecular weight excluding hydrogens is 265 g/mol. The summed E-state index contributed by atoms with van der Waals surface area (Å²) in [6.07, 6.45) is 0.799. The van der Waals surface area contributed by atoms with Crippen molar-refractivity contribution in [2.24, 2.45) is 0 Å². The zero-order valence-electron chi connectivity index (χ0n) is 12.8. The molecule has 0 aliphatic carbocycles. The molecule has 2 aromatic rings. The van der Waals surface area contributed by atoms with Crippen LogP contribution in [0, 0.1) is 12.7 Å². The molecule has 0 spiro atoms. The fourth-order valence-corrected chi connectivity index (χ4v) is 2.42. The van der Waals surface area contributed by atoms with E-state index in [0.717, 1.165) is 24.3 Å². The molecule has 1 unspecified atom stereocenters. The molecule has 0 aromatic heterocycles. The highest BCUT2D eigenvalue weighted by atomic mass is 19.1. The monoisotopic (exact) mass is 287 g/mol. The van der Waals surface area contributed by atoms with Crippen LogP contribution in [0.5, 0.6) is 5.75 Å². The molecule has 21 heavy (non-hydrogen) atoms. The molecular formula is C18H22FNO. The quantitative estimate of drug-likeness (QED) is 0.866. The zero-order chi connectivity index (χ0) is 15.2. The van der Waals surface area contributed by atoms with Crippen molar-refractivity contribution in [3.05, 3.63) is 65.0 Å². The second kappa shape index (κ2) is 7.23. The van der Waals surface area contributed by atoms with E-state index in [1.807, 2.05) is 30.3 Å². The second-order valence-corrected chi connectivity index (χ2v) is 5.17. The summed E-state index contributed by atoms with van der Waals surface area (Å²) in [5, 5.41) is 3.42. The molecule has 0 aliphatic rings. The maximum Gasteiger partial charge on any atom is 0.126 e. The molecule has 0 heterocycles. The summed E-state index contributed by atoms with van der Waals surface area (Å²) in [7, 11) is 1.66. The molecule has 1 N–H and O–H groups in total. The number of methoxy groups -OCH3 is 1. The number of aryl methyl sites for hydroxylation is 1. The van der Waals surface area contributed by atoms with Gasteiger partial charge < -0.3 is 10.1 Å². The van der Waals surface area contributed by atoms with E-state index in [0.29, 0.717) is 5.56 Å². The van der Waals surface area contributed by atoms with E-state index >= 15 is 0 Å². The average molecular weight is 287 g/mol. The van der Waals surface area contributed by atoms with Crippen molar-refractivity contribution in [3.8, 4) is 5.75 Å². The Morgan fingerprint density at radius 1 is 1.19 bits per heavy atom. The Kier molecular flexibility index (Phi) is 5.34.